The van der Waals surface area contributed by atoms with E-state index in [1.165, 1.54) is 0 Å². The van der Waals surface area contributed by atoms with Crippen LogP contribution in [-0.2, 0) is 4.74 Å². The number of hydrogen-bond acceptors (Lipinski definition) is 6. The molecule has 3 N–H and O–H groups in total. The molecule has 0 saturated carbocycles. The van der Waals surface area contributed by atoms with Crippen molar-refractivity contribution in [1.29, 1.82) is 0 Å². The predicted molar refractivity (Wildman–Crippen MR) is 73.6 cm³/mol. The number of rotatable bonds is 2. The lowest BCUT2D eigenvalue weighted by atomic mass is 9.92. The molecular formula is C15H19NO5. The lowest BCUT2D eigenvalue weighted by Gasteiger charge is -2.42. The zero-order valence-electron chi connectivity index (χ0n) is 11.5. The third-order valence-corrected chi connectivity index (χ3v) is 4.27. The van der Waals surface area contributed by atoms with Crippen molar-refractivity contribution >= 4 is 5.97 Å². The van der Waals surface area contributed by atoms with Crippen LogP contribution in [0.25, 0.3) is 0 Å². The molecule has 2 heterocycles. The summed E-state index contributed by atoms with van der Waals surface area (Å²) in [7, 11) is 0. The number of ether oxygens (including phenoxy) is 1. The van der Waals surface area contributed by atoms with Gasteiger partial charge in [-0.05, 0) is 18.6 Å². The lowest BCUT2D eigenvalue weighted by molar-refractivity contribution is -0.144. The van der Waals surface area contributed by atoms with Crippen LogP contribution in [0.4, 0.5) is 0 Å². The van der Waals surface area contributed by atoms with E-state index in [1.807, 2.05) is 4.90 Å². The van der Waals surface area contributed by atoms with Crippen LogP contribution in [-0.4, -0.2) is 69.7 Å². The zero-order valence-corrected chi connectivity index (χ0v) is 11.5. The standard InChI is InChI=1S/C15H19NO5/c17-10-6-7-16-8-11(18)14(13(19)12(10)16)21-15(20)9-4-2-1-3-5-9/h1-5,10-14,17-19H,6-8H2/t10-,11-,12+,13+,14+/m0/s1. The first-order valence-electron chi connectivity index (χ1n) is 7.12. The highest BCUT2D eigenvalue weighted by molar-refractivity contribution is 5.89. The van der Waals surface area contributed by atoms with Crippen molar-refractivity contribution in [3.63, 3.8) is 0 Å². The van der Waals surface area contributed by atoms with Gasteiger partial charge in [-0.25, -0.2) is 4.79 Å². The number of aliphatic hydroxyl groups is 3. The van der Waals surface area contributed by atoms with E-state index in [9.17, 15) is 20.1 Å². The van der Waals surface area contributed by atoms with E-state index in [-0.39, 0.29) is 6.54 Å². The second-order valence-corrected chi connectivity index (χ2v) is 5.64. The molecule has 1 aromatic rings. The number of hydrogen-bond donors (Lipinski definition) is 3. The molecule has 2 aliphatic rings. The Morgan fingerprint density at radius 1 is 1.14 bits per heavy atom. The first-order chi connectivity index (χ1) is 10.1. The average molecular weight is 293 g/mol. The minimum atomic E-state index is -1.10. The van der Waals surface area contributed by atoms with Crippen LogP contribution in [0.1, 0.15) is 16.8 Å². The molecule has 0 unspecified atom stereocenters. The molecule has 114 valence electrons. The van der Waals surface area contributed by atoms with Crippen LogP contribution in [0.3, 0.4) is 0 Å². The molecule has 3 rings (SSSR count). The zero-order chi connectivity index (χ0) is 15.0. The summed E-state index contributed by atoms with van der Waals surface area (Å²) in [6, 6.07) is 7.95. The van der Waals surface area contributed by atoms with E-state index in [0.717, 1.165) is 0 Å². The molecule has 0 aromatic heterocycles. The van der Waals surface area contributed by atoms with Crippen LogP contribution in [0.15, 0.2) is 30.3 Å². The molecular weight excluding hydrogens is 274 g/mol. The number of aliphatic hydroxyl groups excluding tert-OH is 3. The van der Waals surface area contributed by atoms with Crippen molar-refractivity contribution in [2.45, 2.75) is 36.9 Å². The van der Waals surface area contributed by atoms with Gasteiger partial charge in [0.1, 0.15) is 12.2 Å². The Morgan fingerprint density at radius 3 is 2.57 bits per heavy atom. The number of benzene rings is 1. The van der Waals surface area contributed by atoms with Gasteiger partial charge in [0.15, 0.2) is 6.10 Å². The SMILES string of the molecule is O=C(O[C@H]1[C@H](O)[C@H]2[C@@H](O)CCN2C[C@@H]1O)c1ccccc1. The van der Waals surface area contributed by atoms with Gasteiger partial charge in [-0.15, -0.1) is 0 Å². The number of fused-ring (bicyclic) bond motifs is 1. The summed E-state index contributed by atoms with van der Waals surface area (Å²) in [5.41, 5.74) is 0.367. The molecule has 6 heteroatoms. The van der Waals surface area contributed by atoms with Gasteiger partial charge in [-0.2, -0.15) is 0 Å². The molecule has 0 spiro atoms. The number of carbonyl (C=O) groups is 1. The summed E-state index contributed by atoms with van der Waals surface area (Å²) in [6.45, 7) is 0.908. The van der Waals surface area contributed by atoms with E-state index in [4.69, 9.17) is 4.74 Å². The third-order valence-electron chi connectivity index (χ3n) is 4.27. The Bertz CT molecular complexity index is 508. The second-order valence-electron chi connectivity index (χ2n) is 5.64. The lowest BCUT2D eigenvalue weighted by Crippen LogP contribution is -2.62. The summed E-state index contributed by atoms with van der Waals surface area (Å²) in [5, 5.41) is 30.4. The average Bonchev–Trinajstić information content (AvgIpc) is 2.85. The van der Waals surface area contributed by atoms with E-state index in [0.29, 0.717) is 18.5 Å². The van der Waals surface area contributed by atoms with Gasteiger partial charge < -0.3 is 20.1 Å². The molecule has 6 nitrogen and oxygen atoms in total. The van der Waals surface area contributed by atoms with Gasteiger partial charge in [0, 0.05) is 13.1 Å². The van der Waals surface area contributed by atoms with E-state index < -0.39 is 36.4 Å². The highest BCUT2D eigenvalue weighted by Crippen LogP contribution is 2.30. The highest BCUT2D eigenvalue weighted by Gasteiger charge is 2.49. The van der Waals surface area contributed by atoms with Gasteiger partial charge in [0.05, 0.1) is 17.7 Å². The molecule has 1 aromatic carbocycles. The number of esters is 1. The van der Waals surface area contributed by atoms with Gasteiger partial charge >= 0.3 is 5.97 Å². The largest absolute Gasteiger partial charge is 0.453 e. The van der Waals surface area contributed by atoms with E-state index in [1.54, 1.807) is 30.3 Å². The molecule has 2 saturated heterocycles. The Morgan fingerprint density at radius 2 is 1.86 bits per heavy atom. The summed E-state index contributed by atoms with van der Waals surface area (Å²) >= 11 is 0. The Balaban J connectivity index is 1.74. The predicted octanol–water partition coefficient (Wildman–Crippen LogP) is -0.617. The van der Waals surface area contributed by atoms with Crippen molar-refractivity contribution in [2.24, 2.45) is 0 Å². The molecule has 0 bridgehead atoms. The maximum Gasteiger partial charge on any atom is 0.338 e. The number of nitrogens with zero attached hydrogens (tertiary/aromatic N) is 1. The second kappa shape index (κ2) is 5.73. The molecule has 5 atom stereocenters. The maximum absolute atomic E-state index is 12.1. The summed E-state index contributed by atoms with van der Waals surface area (Å²) in [6.07, 6.45) is -3.20. The van der Waals surface area contributed by atoms with Gasteiger partial charge in [-0.3, -0.25) is 4.90 Å². The van der Waals surface area contributed by atoms with Gasteiger partial charge in [-0.1, -0.05) is 18.2 Å². The first-order valence-corrected chi connectivity index (χ1v) is 7.12. The van der Waals surface area contributed by atoms with E-state index >= 15 is 0 Å². The highest BCUT2D eigenvalue weighted by atomic mass is 16.6. The smallest absolute Gasteiger partial charge is 0.338 e. The quantitative estimate of drug-likeness (QED) is 0.630. The fourth-order valence-corrected chi connectivity index (χ4v) is 3.20. The summed E-state index contributed by atoms with van der Waals surface area (Å²) in [5.74, 6) is -0.584. The monoisotopic (exact) mass is 293 g/mol. The van der Waals surface area contributed by atoms with Crippen molar-refractivity contribution in [2.75, 3.05) is 13.1 Å². The molecule has 2 fully saturated rings. The van der Waals surface area contributed by atoms with E-state index in [2.05, 4.69) is 0 Å². The number of piperidine rings is 1. The first kappa shape index (κ1) is 14.5. The minimum absolute atomic E-state index is 0.283. The van der Waals surface area contributed by atoms with Crippen LogP contribution >= 0.6 is 0 Å². The normalized spacial score (nSPS) is 36.2. The topological polar surface area (TPSA) is 90.2 Å². The van der Waals surface area contributed by atoms with Crippen molar-refractivity contribution in [3.8, 4) is 0 Å². The Hall–Kier alpha value is -1.47. The third kappa shape index (κ3) is 2.67. The van der Waals surface area contributed by atoms with Crippen LogP contribution in [0, 0.1) is 0 Å². The Kier molecular flexibility index (Phi) is 3.95. The molecule has 0 radical (unpaired) electrons. The maximum atomic E-state index is 12.1. The van der Waals surface area contributed by atoms with Crippen molar-refractivity contribution in [1.82, 2.24) is 4.90 Å². The minimum Gasteiger partial charge on any atom is -0.453 e. The fourth-order valence-electron chi connectivity index (χ4n) is 3.20. The van der Waals surface area contributed by atoms with Gasteiger partial charge in [0.25, 0.3) is 0 Å². The van der Waals surface area contributed by atoms with Crippen molar-refractivity contribution < 1.29 is 24.9 Å². The van der Waals surface area contributed by atoms with Crippen molar-refractivity contribution in [3.05, 3.63) is 35.9 Å². The number of carbonyl (C=O) groups excluding carboxylic acids is 1. The fraction of sp³-hybridized carbons (Fsp3) is 0.533. The molecule has 2 aliphatic heterocycles. The van der Waals surface area contributed by atoms with Crippen LogP contribution < -0.4 is 0 Å². The summed E-state index contributed by atoms with van der Waals surface area (Å²) in [4.78, 5) is 13.9. The van der Waals surface area contributed by atoms with Crippen LogP contribution in [0.5, 0.6) is 0 Å². The van der Waals surface area contributed by atoms with Gasteiger partial charge in [0.2, 0.25) is 0 Å². The van der Waals surface area contributed by atoms with Crippen LogP contribution in [0.2, 0.25) is 0 Å². The molecule has 0 amide bonds. The Labute approximate surface area is 122 Å². The summed E-state index contributed by atoms with van der Waals surface area (Å²) < 4.78 is 5.28. The molecule has 21 heavy (non-hydrogen) atoms. The molecule has 0 aliphatic carbocycles.